The van der Waals surface area contributed by atoms with E-state index in [4.69, 9.17) is 0 Å². The summed E-state index contributed by atoms with van der Waals surface area (Å²) in [6, 6.07) is 7.09. The van der Waals surface area contributed by atoms with Crippen molar-refractivity contribution in [2.24, 2.45) is 0 Å². The molecule has 0 saturated carbocycles. The van der Waals surface area contributed by atoms with E-state index in [1.54, 1.807) is 13.8 Å². The quantitative estimate of drug-likeness (QED) is 0.718. The number of anilines is 1. The lowest BCUT2D eigenvalue weighted by Crippen LogP contribution is -2.30. The van der Waals surface area contributed by atoms with Crippen molar-refractivity contribution < 1.29 is 30.8 Å². The van der Waals surface area contributed by atoms with Crippen LogP contribution in [0.25, 0.3) is 0 Å². The normalized spacial score (nSPS) is 12.2. The molecular weight excluding hydrogens is 400 g/mol. The fraction of sp³-hybridized carbons (Fsp3) is 0.278. The fourth-order valence-corrected chi connectivity index (χ4v) is 3.97. The van der Waals surface area contributed by atoms with E-state index in [-0.39, 0.29) is 29.2 Å². The highest BCUT2D eigenvalue weighted by molar-refractivity contribution is 7.89. The minimum atomic E-state index is -4.90. The van der Waals surface area contributed by atoms with Crippen molar-refractivity contribution in [3.63, 3.8) is 0 Å². The van der Waals surface area contributed by atoms with Crippen LogP contribution in [0.1, 0.15) is 29.8 Å². The van der Waals surface area contributed by atoms with Gasteiger partial charge in [0.1, 0.15) is 5.82 Å². The summed E-state index contributed by atoms with van der Waals surface area (Å²) in [6.07, 6.45) is -4.90. The predicted molar refractivity (Wildman–Crippen MR) is 95.9 cm³/mol. The smallest absolute Gasteiger partial charge is 0.322 e. The third-order valence-electron chi connectivity index (χ3n) is 3.99. The van der Waals surface area contributed by atoms with Crippen molar-refractivity contribution >= 4 is 21.6 Å². The molecule has 1 amide bonds. The van der Waals surface area contributed by atoms with Gasteiger partial charge in [0, 0.05) is 24.3 Å². The Hall–Kier alpha value is -2.46. The second-order valence-corrected chi connectivity index (χ2v) is 7.70. The second-order valence-electron chi connectivity index (χ2n) is 5.76. The van der Waals surface area contributed by atoms with E-state index < -0.39 is 33.5 Å². The highest BCUT2D eigenvalue weighted by atomic mass is 32.2. The van der Waals surface area contributed by atoms with Crippen LogP contribution in [-0.2, 0) is 16.2 Å². The lowest BCUT2D eigenvalue weighted by Gasteiger charge is -2.18. The molecule has 0 fully saturated rings. The van der Waals surface area contributed by atoms with Crippen LogP contribution in [0.3, 0.4) is 0 Å². The lowest BCUT2D eigenvalue weighted by molar-refractivity contribution is -0.139. The van der Waals surface area contributed by atoms with Gasteiger partial charge >= 0.3 is 6.18 Å². The van der Waals surface area contributed by atoms with Crippen LogP contribution >= 0.6 is 0 Å². The average Bonchev–Trinajstić information content (AvgIpc) is 2.63. The number of sulfonamides is 1. The zero-order valence-corrected chi connectivity index (χ0v) is 15.9. The van der Waals surface area contributed by atoms with Gasteiger partial charge in [0.25, 0.3) is 5.91 Å². The van der Waals surface area contributed by atoms with Gasteiger partial charge in [-0.05, 0) is 42.5 Å². The van der Waals surface area contributed by atoms with Gasteiger partial charge in [0.05, 0.1) is 10.5 Å². The van der Waals surface area contributed by atoms with Crippen LogP contribution in [0.5, 0.6) is 0 Å². The number of nitrogens with one attached hydrogen (secondary N) is 1. The zero-order chi connectivity index (χ0) is 21.1. The Labute approximate surface area is 160 Å². The number of nitrogens with zero attached hydrogens (tertiary/aromatic N) is 1. The van der Waals surface area contributed by atoms with E-state index in [0.29, 0.717) is 12.1 Å². The standard InChI is InChI=1S/C18H18F4N2O3S/c1-3-24(4-2)28(26,27)14-8-5-12(6-9-14)17(25)23-13-7-10-16(19)15(11-13)18(20,21)22/h5-11H,3-4H2,1-2H3,(H,23,25). The summed E-state index contributed by atoms with van der Waals surface area (Å²) in [7, 11) is -3.69. The molecule has 2 rings (SSSR count). The molecule has 0 aliphatic heterocycles. The van der Waals surface area contributed by atoms with E-state index in [1.165, 1.54) is 28.6 Å². The Morgan fingerprint density at radius 3 is 2.11 bits per heavy atom. The Morgan fingerprint density at radius 2 is 1.61 bits per heavy atom. The Bertz CT molecular complexity index is 954. The number of hydrogen-bond acceptors (Lipinski definition) is 3. The summed E-state index contributed by atoms with van der Waals surface area (Å²) in [5.74, 6) is -2.21. The number of amides is 1. The van der Waals surface area contributed by atoms with Crippen LogP contribution in [0.15, 0.2) is 47.4 Å². The van der Waals surface area contributed by atoms with Gasteiger partial charge in [-0.3, -0.25) is 4.79 Å². The number of carbonyl (C=O) groups is 1. The Kier molecular flexibility index (Phi) is 6.45. The molecule has 0 atom stereocenters. The molecule has 0 aliphatic carbocycles. The highest BCUT2D eigenvalue weighted by Gasteiger charge is 2.34. The minimum absolute atomic E-state index is 0.00566. The second kappa shape index (κ2) is 8.27. The summed E-state index contributed by atoms with van der Waals surface area (Å²) in [6.45, 7) is 3.96. The molecule has 0 radical (unpaired) electrons. The van der Waals surface area contributed by atoms with Crippen LogP contribution in [-0.4, -0.2) is 31.7 Å². The van der Waals surface area contributed by atoms with Crippen LogP contribution in [0.4, 0.5) is 23.2 Å². The first kappa shape index (κ1) is 21.8. The highest BCUT2D eigenvalue weighted by Crippen LogP contribution is 2.33. The van der Waals surface area contributed by atoms with Crippen molar-refractivity contribution in [2.75, 3.05) is 18.4 Å². The molecular formula is C18H18F4N2O3S. The van der Waals surface area contributed by atoms with Crippen LogP contribution in [0.2, 0.25) is 0 Å². The molecule has 2 aromatic carbocycles. The van der Waals surface area contributed by atoms with Crippen molar-refractivity contribution in [1.82, 2.24) is 4.31 Å². The zero-order valence-electron chi connectivity index (χ0n) is 15.0. The van der Waals surface area contributed by atoms with Crippen LogP contribution in [0, 0.1) is 5.82 Å². The first-order chi connectivity index (χ1) is 13.0. The van der Waals surface area contributed by atoms with Crippen molar-refractivity contribution in [3.05, 3.63) is 59.4 Å². The summed E-state index contributed by atoms with van der Waals surface area (Å²) < 4.78 is 77.7. The summed E-state index contributed by atoms with van der Waals surface area (Å²) in [5, 5.41) is 2.24. The maximum Gasteiger partial charge on any atom is 0.419 e. The van der Waals surface area contributed by atoms with Gasteiger partial charge in [-0.1, -0.05) is 13.8 Å². The Balaban J connectivity index is 2.23. The maximum atomic E-state index is 13.3. The molecule has 2 aromatic rings. The topological polar surface area (TPSA) is 66.5 Å². The molecule has 0 spiro atoms. The van der Waals surface area contributed by atoms with E-state index >= 15 is 0 Å². The van der Waals surface area contributed by atoms with Crippen molar-refractivity contribution in [2.45, 2.75) is 24.9 Å². The first-order valence-corrected chi connectivity index (χ1v) is 9.73. The molecule has 28 heavy (non-hydrogen) atoms. The number of halogens is 4. The first-order valence-electron chi connectivity index (χ1n) is 8.29. The summed E-state index contributed by atoms with van der Waals surface area (Å²) in [4.78, 5) is 12.2. The third-order valence-corrected chi connectivity index (χ3v) is 6.05. The van der Waals surface area contributed by atoms with E-state index in [2.05, 4.69) is 5.32 Å². The number of rotatable bonds is 6. The van der Waals surface area contributed by atoms with E-state index in [9.17, 15) is 30.8 Å². The number of carbonyl (C=O) groups excluding carboxylic acids is 1. The molecule has 0 saturated heterocycles. The fourth-order valence-electron chi connectivity index (χ4n) is 2.51. The van der Waals surface area contributed by atoms with Gasteiger partial charge < -0.3 is 5.32 Å². The molecule has 0 unspecified atom stereocenters. The molecule has 0 aliphatic rings. The monoisotopic (exact) mass is 418 g/mol. The number of benzene rings is 2. The SMILES string of the molecule is CCN(CC)S(=O)(=O)c1ccc(C(=O)Nc2ccc(F)c(C(F)(F)F)c2)cc1. The van der Waals surface area contributed by atoms with Gasteiger partial charge in [-0.25, -0.2) is 12.8 Å². The van der Waals surface area contributed by atoms with E-state index in [1.807, 2.05) is 0 Å². The van der Waals surface area contributed by atoms with Crippen molar-refractivity contribution in [3.8, 4) is 0 Å². The summed E-state index contributed by atoms with van der Waals surface area (Å²) >= 11 is 0. The van der Waals surface area contributed by atoms with Gasteiger partial charge in [0.2, 0.25) is 10.0 Å². The van der Waals surface area contributed by atoms with E-state index in [0.717, 1.165) is 6.07 Å². The summed E-state index contributed by atoms with van der Waals surface area (Å²) in [5.41, 5.74) is -1.69. The molecule has 152 valence electrons. The van der Waals surface area contributed by atoms with Crippen molar-refractivity contribution in [1.29, 1.82) is 0 Å². The third kappa shape index (κ3) is 4.68. The maximum absolute atomic E-state index is 13.3. The van der Waals surface area contributed by atoms with Gasteiger partial charge in [0.15, 0.2) is 0 Å². The molecule has 5 nitrogen and oxygen atoms in total. The van der Waals surface area contributed by atoms with Gasteiger partial charge in [-0.15, -0.1) is 0 Å². The minimum Gasteiger partial charge on any atom is -0.322 e. The Morgan fingerprint density at radius 1 is 1.04 bits per heavy atom. The largest absolute Gasteiger partial charge is 0.419 e. The average molecular weight is 418 g/mol. The molecule has 0 heterocycles. The lowest BCUT2D eigenvalue weighted by atomic mass is 10.1. The predicted octanol–water partition coefficient (Wildman–Crippen LogP) is 4.13. The number of alkyl halides is 3. The number of hydrogen-bond donors (Lipinski definition) is 1. The molecule has 0 bridgehead atoms. The molecule has 1 N–H and O–H groups in total. The molecule has 10 heteroatoms. The molecule has 0 aromatic heterocycles. The van der Waals surface area contributed by atoms with Crippen LogP contribution < -0.4 is 5.32 Å². The van der Waals surface area contributed by atoms with Gasteiger partial charge in [-0.2, -0.15) is 17.5 Å².